The average Bonchev–Trinajstić information content (AvgIpc) is 3.70. The van der Waals surface area contributed by atoms with Gasteiger partial charge in [-0.1, -0.05) is 90.1 Å². The lowest BCUT2D eigenvalue weighted by atomic mass is 9.87. The van der Waals surface area contributed by atoms with Gasteiger partial charge in [-0.3, -0.25) is 4.90 Å². The van der Waals surface area contributed by atoms with Gasteiger partial charge in [-0.25, -0.2) is 9.97 Å². The smallest absolute Gasteiger partial charge is 0.137 e. The SMILES string of the molecule is CC(C)c1cc(C(C)C)c(-n2cnc(-c3cccc(N(c4ccccc4)c4cccc(CN5C=CN(C)C5)n4)c3)c2)c(C(C)C)c1. The van der Waals surface area contributed by atoms with E-state index in [2.05, 4.69) is 171 Å². The predicted molar refractivity (Wildman–Crippen MR) is 191 cm³/mol. The van der Waals surface area contributed by atoms with E-state index in [1.54, 1.807) is 0 Å². The summed E-state index contributed by atoms with van der Waals surface area (Å²) >= 11 is 0. The third kappa shape index (κ3) is 6.57. The zero-order chi connectivity index (χ0) is 32.4. The molecule has 0 fully saturated rings. The number of aromatic nitrogens is 3. The minimum atomic E-state index is 0.394. The summed E-state index contributed by atoms with van der Waals surface area (Å²) < 4.78 is 2.24. The molecule has 0 saturated carbocycles. The number of hydrogen-bond acceptors (Lipinski definition) is 5. The maximum absolute atomic E-state index is 5.14. The Morgan fingerprint density at radius 1 is 0.739 bits per heavy atom. The van der Waals surface area contributed by atoms with Gasteiger partial charge in [-0.15, -0.1) is 0 Å². The molecule has 0 radical (unpaired) electrons. The fourth-order valence-electron chi connectivity index (χ4n) is 6.18. The highest BCUT2D eigenvalue weighted by molar-refractivity contribution is 5.77. The van der Waals surface area contributed by atoms with Gasteiger partial charge in [0.2, 0.25) is 0 Å². The van der Waals surface area contributed by atoms with Crippen LogP contribution in [0.25, 0.3) is 16.9 Å². The van der Waals surface area contributed by atoms with E-state index in [1.165, 1.54) is 22.4 Å². The van der Waals surface area contributed by atoms with Crippen LogP contribution in [0.3, 0.4) is 0 Å². The Kier molecular flexibility index (Phi) is 8.98. The molecule has 0 bridgehead atoms. The summed E-state index contributed by atoms with van der Waals surface area (Å²) in [7, 11) is 2.09. The van der Waals surface area contributed by atoms with Crippen molar-refractivity contribution in [1.29, 1.82) is 0 Å². The van der Waals surface area contributed by atoms with E-state index in [0.717, 1.165) is 47.4 Å². The van der Waals surface area contributed by atoms with Crippen LogP contribution in [0, 0.1) is 0 Å². The lowest BCUT2D eigenvalue weighted by molar-refractivity contribution is 0.288. The molecule has 1 aliphatic rings. The van der Waals surface area contributed by atoms with Crippen LogP contribution in [0.5, 0.6) is 0 Å². The molecule has 0 aliphatic carbocycles. The van der Waals surface area contributed by atoms with Crippen LogP contribution in [0.15, 0.2) is 110 Å². The normalized spacial score (nSPS) is 13.1. The highest BCUT2D eigenvalue weighted by Gasteiger charge is 2.20. The van der Waals surface area contributed by atoms with Gasteiger partial charge in [0, 0.05) is 42.6 Å². The average molecular weight is 611 g/mol. The number of anilines is 3. The second kappa shape index (κ2) is 13.3. The molecule has 3 heterocycles. The molecule has 0 spiro atoms. The summed E-state index contributed by atoms with van der Waals surface area (Å²) in [4.78, 5) is 16.8. The quantitative estimate of drug-likeness (QED) is 0.157. The Morgan fingerprint density at radius 3 is 2.09 bits per heavy atom. The van der Waals surface area contributed by atoms with Crippen molar-refractivity contribution in [3.63, 3.8) is 0 Å². The molecule has 236 valence electrons. The lowest BCUT2D eigenvalue weighted by Gasteiger charge is -2.25. The minimum absolute atomic E-state index is 0.394. The summed E-state index contributed by atoms with van der Waals surface area (Å²) in [6, 6.07) is 30.2. The van der Waals surface area contributed by atoms with E-state index in [1.807, 2.05) is 6.33 Å². The molecule has 6 nitrogen and oxygen atoms in total. The van der Waals surface area contributed by atoms with Gasteiger partial charge >= 0.3 is 0 Å². The fraction of sp³-hybridized carbons (Fsp3) is 0.300. The molecule has 0 atom stereocenters. The standard InChI is InChI=1S/C40H46N6/c1-28(2)32-22-36(29(3)4)40(37(23-32)30(5)6)45-25-38(41-26-45)31-13-11-17-35(21-31)46(34-15-9-8-10-16-34)39-18-12-14-33(42-39)24-44-20-19-43(7)27-44/h8-23,25-26,28-30H,24,27H2,1-7H3. The second-order valence-electron chi connectivity index (χ2n) is 13.3. The maximum Gasteiger partial charge on any atom is 0.137 e. The molecule has 0 unspecified atom stereocenters. The van der Waals surface area contributed by atoms with Gasteiger partial charge in [-0.2, -0.15) is 0 Å². The van der Waals surface area contributed by atoms with Crippen LogP contribution in [0.1, 0.15) is 81.7 Å². The largest absolute Gasteiger partial charge is 0.362 e. The zero-order valence-electron chi connectivity index (χ0n) is 28.2. The van der Waals surface area contributed by atoms with Gasteiger partial charge in [-0.05, 0) is 70.8 Å². The van der Waals surface area contributed by atoms with Crippen molar-refractivity contribution >= 4 is 17.2 Å². The van der Waals surface area contributed by atoms with Gasteiger partial charge in [0.15, 0.2) is 0 Å². The molecular formula is C40H46N6. The lowest BCUT2D eigenvalue weighted by Crippen LogP contribution is -2.22. The second-order valence-corrected chi connectivity index (χ2v) is 13.3. The molecule has 6 rings (SSSR count). The maximum atomic E-state index is 5.14. The van der Waals surface area contributed by atoms with Crippen molar-refractivity contribution in [2.75, 3.05) is 18.6 Å². The first kappa shape index (κ1) is 31.2. The third-order valence-electron chi connectivity index (χ3n) is 8.68. The fourth-order valence-corrected chi connectivity index (χ4v) is 6.18. The van der Waals surface area contributed by atoms with E-state index in [4.69, 9.17) is 9.97 Å². The van der Waals surface area contributed by atoms with Crippen LogP contribution in [0.4, 0.5) is 17.2 Å². The first-order chi connectivity index (χ1) is 22.2. The highest BCUT2D eigenvalue weighted by atomic mass is 15.3. The molecule has 0 N–H and O–H groups in total. The topological polar surface area (TPSA) is 40.4 Å². The number of imidazole rings is 1. The number of pyridine rings is 1. The summed E-state index contributed by atoms with van der Waals surface area (Å²) in [5.41, 5.74) is 10.5. The third-order valence-corrected chi connectivity index (χ3v) is 8.68. The van der Waals surface area contributed by atoms with Gasteiger partial charge in [0.1, 0.15) is 5.82 Å². The summed E-state index contributed by atoms with van der Waals surface area (Å²) in [6.07, 6.45) is 8.39. The number of benzene rings is 3. The molecule has 46 heavy (non-hydrogen) atoms. The molecule has 0 saturated heterocycles. The van der Waals surface area contributed by atoms with Gasteiger partial charge in [0.25, 0.3) is 0 Å². The zero-order valence-corrected chi connectivity index (χ0v) is 28.2. The predicted octanol–water partition coefficient (Wildman–Crippen LogP) is 9.95. The first-order valence-electron chi connectivity index (χ1n) is 16.4. The van der Waals surface area contributed by atoms with Crippen molar-refractivity contribution in [2.45, 2.75) is 65.8 Å². The van der Waals surface area contributed by atoms with Crippen LogP contribution in [-0.2, 0) is 6.54 Å². The highest BCUT2D eigenvalue weighted by Crippen LogP contribution is 2.37. The number of hydrogen-bond donors (Lipinski definition) is 0. The number of para-hydroxylation sites is 1. The molecule has 3 aromatic carbocycles. The monoisotopic (exact) mass is 610 g/mol. The Bertz CT molecular complexity index is 1790. The Balaban J connectivity index is 1.39. The van der Waals surface area contributed by atoms with E-state index in [-0.39, 0.29) is 0 Å². The van der Waals surface area contributed by atoms with Crippen LogP contribution < -0.4 is 4.90 Å². The van der Waals surface area contributed by atoms with Crippen LogP contribution >= 0.6 is 0 Å². The summed E-state index contributed by atoms with van der Waals surface area (Å²) in [5.74, 6) is 2.15. The van der Waals surface area contributed by atoms with Gasteiger partial charge in [0.05, 0.1) is 36.6 Å². The Hall–Kier alpha value is -4.84. The van der Waals surface area contributed by atoms with E-state index < -0.39 is 0 Å². The van der Waals surface area contributed by atoms with Crippen LogP contribution in [-0.4, -0.2) is 38.1 Å². The summed E-state index contributed by atoms with van der Waals surface area (Å²) in [6.45, 7) is 15.3. The van der Waals surface area contributed by atoms with E-state index in [9.17, 15) is 0 Å². The molecule has 0 amide bonds. The van der Waals surface area contributed by atoms with Crippen LogP contribution in [0.2, 0.25) is 0 Å². The number of rotatable bonds is 10. The van der Waals surface area contributed by atoms with Gasteiger partial charge < -0.3 is 14.4 Å². The van der Waals surface area contributed by atoms with Crippen molar-refractivity contribution in [3.05, 3.63) is 132 Å². The van der Waals surface area contributed by atoms with Crippen molar-refractivity contribution in [1.82, 2.24) is 24.3 Å². The summed E-state index contributed by atoms with van der Waals surface area (Å²) in [5, 5.41) is 0. The first-order valence-corrected chi connectivity index (χ1v) is 16.4. The van der Waals surface area contributed by atoms with Crippen molar-refractivity contribution in [3.8, 4) is 16.9 Å². The minimum Gasteiger partial charge on any atom is -0.362 e. The molecule has 5 aromatic rings. The van der Waals surface area contributed by atoms with E-state index >= 15 is 0 Å². The molecular weight excluding hydrogens is 564 g/mol. The van der Waals surface area contributed by atoms with Crippen molar-refractivity contribution < 1.29 is 0 Å². The molecule has 2 aromatic heterocycles. The van der Waals surface area contributed by atoms with E-state index in [0.29, 0.717) is 17.8 Å². The Labute approximate surface area is 274 Å². The number of nitrogens with zero attached hydrogens (tertiary/aromatic N) is 6. The van der Waals surface area contributed by atoms with Crippen molar-refractivity contribution in [2.24, 2.45) is 0 Å². The Morgan fingerprint density at radius 2 is 1.43 bits per heavy atom. The molecule has 1 aliphatic heterocycles. The molecule has 6 heteroatoms.